The topological polar surface area (TPSA) is 57.6 Å². The molecule has 0 spiro atoms. The molecule has 2 amide bonds. The highest BCUT2D eigenvalue weighted by molar-refractivity contribution is 6.32. The molecule has 16 heavy (non-hydrogen) atoms. The molecule has 0 bridgehead atoms. The second-order valence-electron chi connectivity index (χ2n) is 3.62. The van der Waals surface area contributed by atoms with Crippen LogP contribution in [0, 0.1) is 0 Å². The number of benzene rings is 1. The number of amides is 2. The molecule has 84 valence electrons. The summed E-state index contributed by atoms with van der Waals surface area (Å²) in [6, 6.07) is 4.86. The van der Waals surface area contributed by atoms with E-state index in [1.807, 2.05) is 0 Å². The molecule has 1 fully saturated rings. The molecule has 2 rings (SSSR count). The molecule has 1 saturated heterocycles. The fraction of sp³-hybridized carbons (Fsp3) is 0.273. The van der Waals surface area contributed by atoms with E-state index in [-0.39, 0.29) is 42.0 Å². The number of aromatic hydroxyl groups is 1. The number of phenolic OH excluding ortho intramolecular Hbond substituents is 1. The summed E-state index contributed by atoms with van der Waals surface area (Å²) in [6.45, 7) is 0.0874. The molecule has 1 aliphatic heterocycles. The van der Waals surface area contributed by atoms with Gasteiger partial charge in [-0.15, -0.1) is 0 Å². The van der Waals surface area contributed by atoms with Gasteiger partial charge in [-0.2, -0.15) is 0 Å². The largest absolute Gasteiger partial charge is 0.506 e. The zero-order valence-corrected chi connectivity index (χ0v) is 9.20. The molecule has 0 aliphatic carbocycles. The van der Waals surface area contributed by atoms with Crippen LogP contribution in [0.2, 0.25) is 5.02 Å². The summed E-state index contributed by atoms with van der Waals surface area (Å²) in [4.78, 5) is 23.9. The zero-order chi connectivity index (χ0) is 11.7. The monoisotopic (exact) mass is 239 g/mol. The van der Waals surface area contributed by atoms with Crippen molar-refractivity contribution < 1.29 is 14.7 Å². The van der Waals surface area contributed by atoms with Gasteiger partial charge < -0.3 is 5.11 Å². The second kappa shape index (κ2) is 4.14. The third kappa shape index (κ3) is 1.88. The fourth-order valence-corrected chi connectivity index (χ4v) is 1.85. The zero-order valence-electron chi connectivity index (χ0n) is 8.44. The fourth-order valence-electron chi connectivity index (χ4n) is 1.66. The number of carbonyl (C=O) groups is 2. The summed E-state index contributed by atoms with van der Waals surface area (Å²) in [7, 11) is 0. The Kier molecular flexibility index (Phi) is 2.83. The number of phenols is 1. The lowest BCUT2D eigenvalue weighted by atomic mass is 10.2. The molecular formula is C11H10ClNO3. The van der Waals surface area contributed by atoms with Crippen molar-refractivity contribution in [1.29, 1.82) is 0 Å². The van der Waals surface area contributed by atoms with E-state index in [0.29, 0.717) is 5.56 Å². The van der Waals surface area contributed by atoms with Crippen LogP contribution in [0.3, 0.4) is 0 Å². The van der Waals surface area contributed by atoms with Crippen molar-refractivity contribution in [3.63, 3.8) is 0 Å². The third-order valence-corrected chi connectivity index (χ3v) is 2.86. The number of carbonyl (C=O) groups excluding carboxylic acids is 2. The maximum absolute atomic E-state index is 11.4. The number of nitrogens with zero attached hydrogens (tertiary/aromatic N) is 1. The minimum Gasteiger partial charge on any atom is -0.506 e. The number of imide groups is 1. The Morgan fingerprint density at radius 1 is 1.25 bits per heavy atom. The van der Waals surface area contributed by atoms with E-state index in [0.717, 1.165) is 4.90 Å². The van der Waals surface area contributed by atoms with Gasteiger partial charge in [-0.3, -0.25) is 14.5 Å². The van der Waals surface area contributed by atoms with Crippen molar-refractivity contribution in [3.8, 4) is 5.75 Å². The molecule has 0 aromatic heterocycles. The Bertz CT molecular complexity index is 443. The molecule has 0 atom stereocenters. The SMILES string of the molecule is O=C1CCC(=O)N1Cc1cccc(Cl)c1O. The van der Waals surface area contributed by atoms with E-state index in [9.17, 15) is 14.7 Å². The van der Waals surface area contributed by atoms with E-state index in [1.165, 1.54) is 0 Å². The summed E-state index contributed by atoms with van der Waals surface area (Å²) in [5.74, 6) is -0.481. The van der Waals surface area contributed by atoms with Gasteiger partial charge in [-0.1, -0.05) is 23.7 Å². The first-order valence-electron chi connectivity index (χ1n) is 4.89. The Morgan fingerprint density at radius 2 is 1.88 bits per heavy atom. The lowest BCUT2D eigenvalue weighted by molar-refractivity contribution is -0.139. The normalized spacial score (nSPS) is 15.9. The van der Waals surface area contributed by atoms with Gasteiger partial charge in [-0.25, -0.2) is 0 Å². The van der Waals surface area contributed by atoms with Crippen LogP contribution < -0.4 is 0 Å². The highest BCUT2D eigenvalue weighted by Crippen LogP contribution is 2.29. The van der Waals surface area contributed by atoms with Gasteiger partial charge in [0.1, 0.15) is 5.75 Å². The minimum absolute atomic E-state index is 0.0725. The van der Waals surface area contributed by atoms with Crippen molar-refractivity contribution >= 4 is 23.4 Å². The predicted octanol–water partition coefficient (Wildman–Crippen LogP) is 1.69. The third-order valence-electron chi connectivity index (χ3n) is 2.55. The molecule has 1 aromatic carbocycles. The Balaban J connectivity index is 2.24. The summed E-state index contributed by atoms with van der Waals surface area (Å²) in [5.41, 5.74) is 0.483. The average molecular weight is 240 g/mol. The molecule has 5 heteroatoms. The van der Waals surface area contributed by atoms with Crippen LogP contribution in [0.1, 0.15) is 18.4 Å². The van der Waals surface area contributed by atoms with Gasteiger partial charge >= 0.3 is 0 Å². The summed E-state index contributed by atoms with van der Waals surface area (Å²) in [6.07, 6.45) is 0.500. The number of likely N-dealkylation sites (tertiary alicyclic amines) is 1. The van der Waals surface area contributed by atoms with E-state index in [1.54, 1.807) is 18.2 Å². The molecule has 0 unspecified atom stereocenters. The van der Waals surface area contributed by atoms with Gasteiger partial charge in [0.05, 0.1) is 11.6 Å². The average Bonchev–Trinajstić information content (AvgIpc) is 2.56. The minimum atomic E-state index is -0.204. The van der Waals surface area contributed by atoms with E-state index < -0.39 is 0 Å². The number of para-hydroxylation sites is 1. The van der Waals surface area contributed by atoms with Crippen molar-refractivity contribution in [2.45, 2.75) is 19.4 Å². The van der Waals surface area contributed by atoms with Crippen molar-refractivity contribution in [3.05, 3.63) is 28.8 Å². The van der Waals surface area contributed by atoms with Crippen LogP contribution in [0.15, 0.2) is 18.2 Å². The van der Waals surface area contributed by atoms with Gasteiger partial charge in [0, 0.05) is 18.4 Å². The van der Waals surface area contributed by atoms with Crippen LogP contribution >= 0.6 is 11.6 Å². The summed E-state index contributed by atoms with van der Waals surface area (Å²) < 4.78 is 0. The van der Waals surface area contributed by atoms with Crippen LogP contribution in [0.5, 0.6) is 5.75 Å². The van der Waals surface area contributed by atoms with Crippen molar-refractivity contribution in [2.24, 2.45) is 0 Å². The van der Waals surface area contributed by atoms with Gasteiger partial charge in [-0.05, 0) is 6.07 Å². The van der Waals surface area contributed by atoms with Crippen LogP contribution in [0.4, 0.5) is 0 Å². The lowest BCUT2D eigenvalue weighted by Crippen LogP contribution is -2.28. The number of hydrogen-bond donors (Lipinski definition) is 1. The quantitative estimate of drug-likeness (QED) is 0.799. The maximum atomic E-state index is 11.4. The van der Waals surface area contributed by atoms with Gasteiger partial charge in [0.2, 0.25) is 11.8 Å². The number of hydrogen-bond acceptors (Lipinski definition) is 3. The highest BCUT2D eigenvalue weighted by Gasteiger charge is 2.29. The molecule has 1 aliphatic rings. The first kappa shape index (κ1) is 11.0. The number of rotatable bonds is 2. The van der Waals surface area contributed by atoms with Crippen molar-refractivity contribution in [1.82, 2.24) is 4.90 Å². The smallest absolute Gasteiger partial charge is 0.230 e. The Morgan fingerprint density at radius 3 is 2.50 bits per heavy atom. The maximum Gasteiger partial charge on any atom is 0.230 e. The summed E-state index contributed by atoms with van der Waals surface area (Å²) >= 11 is 5.73. The number of halogens is 1. The second-order valence-corrected chi connectivity index (χ2v) is 4.03. The van der Waals surface area contributed by atoms with Crippen LogP contribution in [0.25, 0.3) is 0 Å². The molecule has 1 N–H and O–H groups in total. The van der Waals surface area contributed by atoms with E-state index in [2.05, 4.69) is 0 Å². The van der Waals surface area contributed by atoms with Crippen LogP contribution in [-0.2, 0) is 16.1 Å². The first-order chi connectivity index (χ1) is 7.59. The van der Waals surface area contributed by atoms with Crippen LogP contribution in [-0.4, -0.2) is 21.8 Å². The molecule has 0 saturated carbocycles. The molecule has 1 aromatic rings. The Labute approximate surface area is 97.4 Å². The summed E-state index contributed by atoms with van der Waals surface area (Å²) in [5, 5.41) is 9.87. The Hall–Kier alpha value is -1.55. The predicted molar refractivity (Wildman–Crippen MR) is 57.9 cm³/mol. The first-order valence-corrected chi connectivity index (χ1v) is 5.27. The van der Waals surface area contributed by atoms with Gasteiger partial charge in [0.25, 0.3) is 0 Å². The van der Waals surface area contributed by atoms with Gasteiger partial charge in [0.15, 0.2) is 0 Å². The van der Waals surface area contributed by atoms with E-state index >= 15 is 0 Å². The highest BCUT2D eigenvalue weighted by atomic mass is 35.5. The van der Waals surface area contributed by atoms with E-state index in [4.69, 9.17) is 11.6 Å². The standard InChI is InChI=1S/C11H10ClNO3/c12-8-3-1-2-7(11(8)16)6-13-9(14)4-5-10(13)15/h1-3,16H,4-6H2. The molecule has 4 nitrogen and oxygen atoms in total. The van der Waals surface area contributed by atoms with Crippen molar-refractivity contribution in [2.75, 3.05) is 0 Å². The molecule has 1 heterocycles. The lowest BCUT2D eigenvalue weighted by Gasteiger charge is -2.14. The molecular weight excluding hydrogens is 230 g/mol. The molecule has 0 radical (unpaired) electrons.